The lowest BCUT2D eigenvalue weighted by atomic mass is 10.1. The van der Waals surface area contributed by atoms with Gasteiger partial charge in [0.1, 0.15) is 0 Å². The molecule has 25 heavy (non-hydrogen) atoms. The summed E-state index contributed by atoms with van der Waals surface area (Å²) in [6.45, 7) is 2.56. The highest BCUT2D eigenvalue weighted by molar-refractivity contribution is 6.42. The Balaban J connectivity index is 2.05. The minimum atomic E-state index is -0.482. The van der Waals surface area contributed by atoms with Crippen LogP contribution in [0.4, 0.5) is 0 Å². The normalized spacial score (nSPS) is 10.7. The van der Waals surface area contributed by atoms with Gasteiger partial charge >= 0.3 is 5.97 Å². The van der Waals surface area contributed by atoms with Crippen LogP contribution in [0.1, 0.15) is 21.6 Å². The topological polar surface area (TPSA) is 44.1 Å². The number of esters is 1. The van der Waals surface area contributed by atoms with Crippen LogP contribution >= 0.6 is 23.2 Å². The number of aromatic nitrogens is 2. The molecule has 0 saturated heterocycles. The number of aryl methyl sites for hydroxylation is 1. The fourth-order valence-corrected chi connectivity index (χ4v) is 2.79. The summed E-state index contributed by atoms with van der Waals surface area (Å²) in [5, 5.41) is 5.31. The molecule has 0 aliphatic carbocycles. The molecule has 2 aromatic carbocycles. The van der Waals surface area contributed by atoms with Crippen LogP contribution in [0.2, 0.25) is 10.0 Å². The standard InChI is InChI=1S/C19H16Cl2N2O2/c1-12-3-5-13(6-4-12)11-23-18(10-17(22-23)19(24)25-2)14-7-8-15(20)16(21)9-14/h3-10H,11H2,1-2H3. The Bertz CT molecular complexity index is 918. The first kappa shape index (κ1) is 17.5. The fraction of sp³-hybridized carbons (Fsp3) is 0.158. The third-order valence-corrected chi connectivity index (χ3v) is 4.58. The van der Waals surface area contributed by atoms with Crippen molar-refractivity contribution in [1.82, 2.24) is 9.78 Å². The molecule has 4 nitrogen and oxygen atoms in total. The average Bonchev–Trinajstić information content (AvgIpc) is 3.02. The van der Waals surface area contributed by atoms with E-state index in [0.717, 1.165) is 16.8 Å². The number of rotatable bonds is 4. The van der Waals surface area contributed by atoms with Gasteiger partial charge < -0.3 is 4.74 Å². The zero-order chi connectivity index (χ0) is 18.0. The maximum Gasteiger partial charge on any atom is 0.358 e. The summed E-state index contributed by atoms with van der Waals surface area (Å²) in [5.41, 5.74) is 4.09. The lowest BCUT2D eigenvalue weighted by Crippen LogP contribution is -2.07. The van der Waals surface area contributed by atoms with Crippen molar-refractivity contribution in [2.75, 3.05) is 7.11 Å². The molecule has 0 saturated carbocycles. The third kappa shape index (κ3) is 3.86. The first-order chi connectivity index (χ1) is 12.0. The van der Waals surface area contributed by atoms with Gasteiger partial charge in [0, 0.05) is 5.56 Å². The number of carbonyl (C=O) groups excluding carboxylic acids is 1. The molecule has 0 spiro atoms. The number of benzene rings is 2. The third-order valence-electron chi connectivity index (χ3n) is 3.84. The highest BCUT2D eigenvalue weighted by atomic mass is 35.5. The van der Waals surface area contributed by atoms with Gasteiger partial charge in [-0.25, -0.2) is 4.79 Å². The van der Waals surface area contributed by atoms with E-state index >= 15 is 0 Å². The van der Waals surface area contributed by atoms with Crippen LogP contribution in [0, 0.1) is 6.92 Å². The van der Waals surface area contributed by atoms with E-state index in [4.69, 9.17) is 27.9 Å². The summed E-state index contributed by atoms with van der Waals surface area (Å²) in [4.78, 5) is 11.9. The predicted octanol–water partition coefficient (Wildman–Crippen LogP) is 5.00. The molecule has 0 bridgehead atoms. The van der Waals surface area contributed by atoms with Gasteiger partial charge in [-0.2, -0.15) is 5.10 Å². The van der Waals surface area contributed by atoms with E-state index in [2.05, 4.69) is 5.10 Å². The highest BCUT2D eigenvalue weighted by Gasteiger charge is 2.17. The van der Waals surface area contributed by atoms with Crippen LogP contribution in [0.15, 0.2) is 48.5 Å². The van der Waals surface area contributed by atoms with Crippen molar-refractivity contribution in [3.8, 4) is 11.3 Å². The van der Waals surface area contributed by atoms with Gasteiger partial charge in [0.2, 0.25) is 0 Å². The molecule has 0 fully saturated rings. The van der Waals surface area contributed by atoms with E-state index in [9.17, 15) is 4.79 Å². The number of methoxy groups -OCH3 is 1. The molecule has 3 aromatic rings. The summed E-state index contributed by atoms with van der Waals surface area (Å²) < 4.78 is 6.55. The Morgan fingerprint density at radius 1 is 1.08 bits per heavy atom. The second-order valence-corrected chi connectivity index (χ2v) is 6.49. The lowest BCUT2D eigenvalue weighted by Gasteiger charge is -2.09. The van der Waals surface area contributed by atoms with Crippen molar-refractivity contribution < 1.29 is 9.53 Å². The van der Waals surface area contributed by atoms with Crippen LogP contribution in [-0.4, -0.2) is 22.9 Å². The van der Waals surface area contributed by atoms with Crippen LogP contribution in [0.5, 0.6) is 0 Å². The summed E-state index contributed by atoms with van der Waals surface area (Å²) in [5.74, 6) is -0.482. The molecule has 1 aromatic heterocycles. The molecule has 3 rings (SSSR count). The van der Waals surface area contributed by atoms with Gasteiger partial charge in [0.25, 0.3) is 0 Å². The first-order valence-electron chi connectivity index (χ1n) is 7.65. The van der Waals surface area contributed by atoms with Crippen LogP contribution in [0.3, 0.4) is 0 Å². The van der Waals surface area contributed by atoms with Crippen molar-refractivity contribution in [2.24, 2.45) is 0 Å². The van der Waals surface area contributed by atoms with Crippen molar-refractivity contribution >= 4 is 29.2 Å². The Kier molecular flexibility index (Phi) is 5.11. The van der Waals surface area contributed by atoms with E-state index in [1.54, 1.807) is 22.9 Å². The number of nitrogens with zero attached hydrogens (tertiary/aromatic N) is 2. The van der Waals surface area contributed by atoms with Crippen molar-refractivity contribution in [2.45, 2.75) is 13.5 Å². The monoisotopic (exact) mass is 374 g/mol. The Hall–Kier alpha value is -2.30. The van der Waals surface area contributed by atoms with Crippen molar-refractivity contribution in [3.05, 3.63) is 75.4 Å². The lowest BCUT2D eigenvalue weighted by molar-refractivity contribution is 0.0593. The minimum absolute atomic E-state index is 0.246. The quantitative estimate of drug-likeness (QED) is 0.603. The van der Waals surface area contributed by atoms with Crippen LogP contribution in [0.25, 0.3) is 11.3 Å². The van der Waals surface area contributed by atoms with Gasteiger partial charge in [-0.3, -0.25) is 4.68 Å². The van der Waals surface area contributed by atoms with Gasteiger partial charge in [0.05, 0.1) is 29.4 Å². The summed E-state index contributed by atoms with van der Waals surface area (Å²) in [7, 11) is 1.33. The molecule has 0 aliphatic rings. The van der Waals surface area contributed by atoms with E-state index < -0.39 is 5.97 Å². The van der Waals surface area contributed by atoms with E-state index in [-0.39, 0.29) is 5.69 Å². The number of carbonyl (C=O) groups is 1. The molecule has 0 N–H and O–H groups in total. The molecule has 1 heterocycles. The molecule has 0 aliphatic heterocycles. The SMILES string of the molecule is COC(=O)c1cc(-c2ccc(Cl)c(Cl)c2)n(Cc2ccc(C)cc2)n1. The molecule has 6 heteroatoms. The molecular formula is C19H16Cl2N2O2. The van der Waals surface area contributed by atoms with Crippen molar-refractivity contribution in [3.63, 3.8) is 0 Å². The number of hydrogen-bond acceptors (Lipinski definition) is 3. The molecule has 0 radical (unpaired) electrons. The number of halogens is 2. The predicted molar refractivity (Wildman–Crippen MR) is 99.3 cm³/mol. The first-order valence-corrected chi connectivity index (χ1v) is 8.40. The minimum Gasteiger partial charge on any atom is -0.464 e. The smallest absolute Gasteiger partial charge is 0.358 e. The zero-order valence-corrected chi connectivity index (χ0v) is 15.3. The summed E-state index contributed by atoms with van der Waals surface area (Å²) in [6.07, 6.45) is 0. The average molecular weight is 375 g/mol. The number of ether oxygens (including phenoxy) is 1. The van der Waals surface area contributed by atoms with Crippen LogP contribution in [-0.2, 0) is 11.3 Å². The van der Waals surface area contributed by atoms with Gasteiger partial charge in [-0.15, -0.1) is 0 Å². The van der Waals surface area contributed by atoms with Crippen LogP contribution < -0.4 is 0 Å². The highest BCUT2D eigenvalue weighted by Crippen LogP contribution is 2.29. The maximum atomic E-state index is 11.9. The van der Waals surface area contributed by atoms with E-state index in [0.29, 0.717) is 16.6 Å². The molecule has 0 unspecified atom stereocenters. The molecule has 0 atom stereocenters. The molecule has 128 valence electrons. The molecule has 0 amide bonds. The Labute approximate surface area is 155 Å². The van der Waals surface area contributed by atoms with Gasteiger partial charge in [-0.05, 0) is 30.7 Å². The Morgan fingerprint density at radius 2 is 1.80 bits per heavy atom. The van der Waals surface area contributed by atoms with Gasteiger partial charge in [-0.1, -0.05) is 59.1 Å². The maximum absolute atomic E-state index is 11.9. The van der Waals surface area contributed by atoms with Gasteiger partial charge in [0.15, 0.2) is 5.69 Å². The van der Waals surface area contributed by atoms with E-state index in [1.165, 1.54) is 12.7 Å². The Morgan fingerprint density at radius 3 is 2.44 bits per heavy atom. The number of hydrogen-bond donors (Lipinski definition) is 0. The largest absolute Gasteiger partial charge is 0.464 e. The summed E-state index contributed by atoms with van der Waals surface area (Å²) >= 11 is 12.1. The summed E-state index contributed by atoms with van der Waals surface area (Å²) in [6, 6.07) is 15.2. The van der Waals surface area contributed by atoms with E-state index in [1.807, 2.05) is 37.3 Å². The second kappa shape index (κ2) is 7.30. The fourth-order valence-electron chi connectivity index (χ4n) is 2.50. The second-order valence-electron chi connectivity index (χ2n) is 5.68. The van der Waals surface area contributed by atoms with Crippen molar-refractivity contribution in [1.29, 1.82) is 0 Å². The zero-order valence-electron chi connectivity index (χ0n) is 13.8. The molecular weight excluding hydrogens is 359 g/mol.